The topological polar surface area (TPSA) is 54.4 Å². The molecule has 1 unspecified atom stereocenters. The van der Waals surface area contributed by atoms with Crippen molar-refractivity contribution in [2.75, 3.05) is 19.0 Å². The zero-order valence-electron chi connectivity index (χ0n) is 10.2. The van der Waals surface area contributed by atoms with Gasteiger partial charge in [-0.3, -0.25) is 0 Å². The number of hydrogen-bond donors (Lipinski definition) is 2. The third kappa shape index (κ3) is 2.99. The lowest BCUT2D eigenvalue weighted by Crippen LogP contribution is -2.14. The maximum atomic E-state index is 9.46. The maximum Gasteiger partial charge on any atom is 0.214 e. The number of pyridine rings is 1. The Morgan fingerprint density at radius 1 is 1.28 bits per heavy atom. The highest BCUT2D eigenvalue weighted by molar-refractivity contribution is 5.47. The Morgan fingerprint density at radius 3 is 2.72 bits per heavy atom. The number of methoxy groups -OCH3 is 1. The Bertz CT molecular complexity index is 488. The number of ether oxygens (including phenoxy) is 1. The second kappa shape index (κ2) is 6.02. The quantitative estimate of drug-likeness (QED) is 0.847. The Morgan fingerprint density at radius 2 is 2.06 bits per heavy atom. The predicted octanol–water partition coefficient (Wildman–Crippen LogP) is 2.24. The highest BCUT2D eigenvalue weighted by atomic mass is 16.5. The molecule has 1 heterocycles. The van der Waals surface area contributed by atoms with Crippen molar-refractivity contribution >= 4 is 5.69 Å². The number of aliphatic hydroxyl groups is 1. The molecule has 0 amide bonds. The van der Waals surface area contributed by atoms with Gasteiger partial charge in [0.15, 0.2) is 0 Å². The van der Waals surface area contributed by atoms with Gasteiger partial charge in [0.25, 0.3) is 0 Å². The first-order valence-corrected chi connectivity index (χ1v) is 5.76. The molecule has 4 heteroatoms. The van der Waals surface area contributed by atoms with E-state index in [4.69, 9.17) is 4.74 Å². The molecular formula is C14H16N2O2. The largest absolute Gasteiger partial charge is 0.481 e. The molecule has 0 saturated heterocycles. The Balaban J connectivity index is 2.15. The maximum absolute atomic E-state index is 9.46. The van der Waals surface area contributed by atoms with E-state index in [-0.39, 0.29) is 12.6 Å². The summed E-state index contributed by atoms with van der Waals surface area (Å²) in [5, 5.41) is 12.7. The molecule has 0 spiro atoms. The van der Waals surface area contributed by atoms with Gasteiger partial charge < -0.3 is 15.2 Å². The molecule has 0 fully saturated rings. The van der Waals surface area contributed by atoms with Gasteiger partial charge in [-0.15, -0.1) is 0 Å². The monoisotopic (exact) mass is 244 g/mol. The summed E-state index contributed by atoms with van der Waals surface area (Å²) < 4.78 is 5.06. The van der Waals surface area contributed by atoms with Gasteiger partial charge in [0.1, 0.15) is 0 Å². The van der Waals surface area contributed by atoms with Crippen molar-refractivity contribution in [2.24, 2.45) is 0 Å². The van der Waals surface area contributed by atoms with E-state index in [9.17, 15) is 5.11 Å². The van der Waals surface area contributed by atoms with Crippen LogP contribution < -0.4 is 10.1 Å². The standard InChI is InChI=1S/C14H16N2O2/c1-18-14-9-12(7-8-15-14)16-13(10-17)11-5-3-2-4-6-11/h2-9,13,17H,10H2,1H3,(H,15,16). The third-order valence-corrected chi connectivity index (χ3v) is 2.67. The minimum Gasteiger partial charge on any atom is -0.481 e. The minimum atomic E-state index is -0.140. The zero-order valence-corrected chi connectivity index (χ0v) is 10.2. The van der Waals surface area contributed by atoms with Crippen LogP contribution in [0.15, 0.2) is 48.7 Å². The molecule has 1 aromatic carbocycles. The number of hydrogen-bond acceptors (Lipinski definition) is 4. The lowest BCUT2D eigenvalue weighted by molar-refractivity contribution is 0.276. The fourth-order valence-electron chi connectivity index (χ4n) is 1.73. The highest BCUT2D eigenvalue weighted by Crippen LogP contribution is 2.21. The fraction of sp³-hybridized carbons (Fsp3) is 0.214. The van der Waals surface area contributed by atoms with Crippen molar-refractivity contribution in [3.8, 4) is 5.88 Å². The van der Waals surface area contributed by atoms with Crippen LogP contribution in [-0.2, 0) is 0 Å². The van der Waals surface area contributed by atoms with Crippen LogP contribution in [0.4, 0.5) is 5.69 Å². The minimum absolute atomic E-state index is 0.0225. The van der Waals surface area contributed by atoms with Crippen molar-refractivity contribution in [3.05, 3.63) is 54.2 Å². The molecule has 1 aromatic heterocycles. The molecule has 2 rings (SSSR count). The molecular weight excluding hydrogens is 228 g/mol. The normalized spacial score (nSPS) is 11.9. The lowest BCUT2D eigenvalue weighted by atomic mass is 10.1. The van der Waals surface area contributed by atoms with Crippen molar-refractivity contribution in [2.45, 2.75) is 6.04 Å². The fourth-order valence-corrected chi connectivity index (χ4v) is 1.73. The first kappa shape index (κ1) is 12.4. The van der Waals surface area contributed by atoms with Crippen LogP contribution in [0, 0.1) is 0 Å². The average molecular weight is 244 g/mol. The van der Waals surface area contributed by atoms with Gasteiger partial charge in [0.2, 0.25) is 5.88 Å². The molecule has 0 aliphatic heterocycles. The van der Waals surface area contributed by atoms with E-state index in [0.717, 1.165) is 11.3 Å². The summed E-state index contributed by atoms with van der Waals surface area (Å²) in [6.07, 6.45) is 1.67. The van der Waals surface area contributed by atoms with Gasteiger partial charge in [-0.2, -0.15) is 0 Å². The van der Waals surface area contributed by atoms with Crippen LogP contribution in [0.25, 0.3) is 0 Å². The molecule has 2 N–H and O–H groups in total. The van der Waals surface area contributed by atoms with E-state index in [1.165, 1.54) is 0 Å². The molecule has 4 nitrogen and oxygen atoms in total. The van der Waals surface area contributed by atoms with Crippen molar-refractivity contribution in [1.29, 1.82) is 0 Å². The van der Waals surface area contributed by atoms with Crippen LogP contribution in [0.3, 0.4) is 0 Å². The van der Waals surface area contributed by atoms with Crippen LogP contribution in [-0.4, -0.2) is 23.8 Å². The number of aromatic nitrogens is 1. The van der Waals surface area contributed by atoms with Crippen LogP contribution in [0.5, 0.6) is 5.88 Å². The number of rotatable bonds is 5. The summed E-state index contributed by atoms with van der Waals surface area (Å²) in [7, 11) is 1.58. The van der Waals surface area contributed by atoms with Crippen molar-refractivity contribution in [3.63, 3.8) is 0 Å². The van der Waals surface area contributed by atoms with Crippen LogP contribution in [0.1, 0.15) is 11.6 Å². The molecule has 0 radical (unpaired) electrons. The number of nitrogens with zero attached hydrogens (tertiary/aromatic N) is 1. The van der Waals surface area contributed by atoms with Gasteiger partial charge in [-0.05, 0) is 11.6 Å². The van der Waals surface area contributed by atoms with Gasteiger partial charge >= 0.3 is 0 Å². The van der Waals surface area contributed by atoms with E-state index in [1.54, 1.807) is 19.4 Å². The van der Waals surface area contributed by atoms with E-state index in [0.29, 0.717) is 5.88 Å². The number of anilines is 1. The van der Waals surface area contributed by atoms with Gasteiger partial charge in [0, 0.05) is 18.0 Å². The molecule has 0 saturated carbocycles. The summed E-state index contributed by atoms with van der Waals surface area (Å²) in [5.41, 5.74) is 1.90. The van der Waals surface area contributed by atoms with E-state index in [2.05, 4.69) is 10.3 Å². The van der Waals surface area contributed by atoms with Crippen molar-refractivity contribution in [1.82, 2.24) is 4.98 Å². The second-order valence-corrected chi connectivity index (χ2v) is 3.88. The SMILES string of the molecule is COc1cc(NC(CO)c2ccccc2)ccn1. The van der Waals surface area contributed by atoms with Gasteiger partial charge in [0.05, 0.1) is 19.8 Å². The first-order chi connectivity index (χ1) is 8.83. The average Bonchev–Trinajstić information content (AvgIpc) is 2.46. The summed E-state index contributed by atoms with van der Waals surface area (Å²) >= 11 is 0. The summed E-state index contributed by atoms with van der Waals surface area (Å²) in [4.78, 5) is 4.04. The predicted molar refractivity (Wildman–Crippen MR) is 70.7 cm³/mol. The Kier molecular flexibility index (Phi) is 4.15. The summed E-state index contributed by atoms with van der Waals surface area (Å²) in [6, 6.07) is 13.3. The lowest BCUT2D eigenvalue weighted by Gasteiger charge is -2.18. The third-order valence-electron chi connectivity index (χ3n) is 2.67. The van der Waals surface area contributed by atoms with Gasteiger partial charge in [-0.25, -0.2) is 4.98 Å². The first-order valence-electron chi connectivity index (χ1n) is 5.76. The second-order valence-electron chi connectivity index (χ2n) is 3.88. The summed E-state index contributed by atoms with van der Waals surface area (Å²) in [6.45, 7) is 0.0225. The van der Waals surface area contributed by atoms with E-state index in [1.807, 2.05) is 36.4 Å². The van der Waals surface area contributed by atoms with E-state index < -0.39 is 0 Å². The zero-order chi connectivity index (χ0) is 12.8. The smallest absolute Gasteiger partial charge is 0.214 e. The van der Waals surface area contributed by atoms with Crippen molar-refractivity contribution < 1.29 is 9.84 Å². The molecule has 1 atom stereocenters. The van der Waals surface area contributed by atoms with Crippen LogP contribution >= 0.6 is 0 Å². The van der Waals surface area contributed by atoms with Gasteiger partial charge in [-0.1, -0.05) is 30.3 Å². The highest BCUT2D eigenvalue weighted by Gasteiger charge is 2.09. The molecule has 18 heavy (non-hydrogen) atoms. The molecule has 0 bridgehead atoms. The Hall–Kier alpha value is -2.07. The number of benzene rings is 1. The molecule has 94 valence electrons. The Labute approximate surface area is 106 Å². The molecule has 2 aromatic rings. The molecule has 0 aliphatic carbocycles. The number of nitrogens with one attached hydrogen (secondary N) is 1. The molecule has 0 aliphatic rings. The summed E-state index contributed by atoms with van der Waals surface area (Å²) in [5.74, 6) is 0.546. The van der Waals surface area contributed by atoms with E-state index >= 15 is 0 Å². The number of aliphatic hydroxyl groups excluding tert-OH is 1. The van der Waals surface area contributed by atoms with Crippen LogP contribution in [0.2, 0.25) is 0 Å².